The van der Waals surface area contributed by atoms with E-state index in [-0.39, 0.29) is 17.7 Å². The van der Waals surface area contributed by atoms with Crippen LogP contribution in [-0.2, 0) is 14.3 Å². The Bertz CT molecular complexity index is 694. The molecule has 1 N–H and O–H groups in total. The Labute approximate surface area is 139 Å². The maximum absolute atomic E-state index is 12.5. The first kappa shape index (κ1) is 16.2. The van der Waals surface area contributed by atoms with Crippen LogP contribution < -0.4 is 10.4 Å². The van der Waals surface area contributed by atoms with Gasteiger partial charge in [-0.3, -0.25) is 4.79 Å². The number of carboxylic acid groups (broad SMARTS) is 1. The molecule has 126 valence electrons. The van der Waals surface area contributed by atoms with Gasteiger partial charge in [-0.2, -0.15) is 0 Å². The van der Waals surface area contributed by atoms with Crippen molar-refractivity contribution in [1.82, 2.24) is 0 Å². The van der Waals surface area contributed by atoms with Crippen molar-refractivity contribution < 1.29 is 24.2 Å². The molecule has 0 aliphatic heterocycles. The van der Waals surface area contributed by atoms with E-state index in [0.29, 0.717) is 24.3 Å². The number of aliphatic carboxylic acids is 1. The number of ether oxygens (including phenoxy) is 1. The molecule has 0 aromatic heterocycles. The van der Waals surface area contributed by atoms with Gasteiger partial charge in [0.1, 0.15) is 0 Å². The van der Waals surface area contributed by atoms with Crippen LogP contribution in [-0.4, -0.2) is 24.5 Å². The molecule has 0 heterocycles. The molecule has 3 rings (SSSR count). The lowest BCUT2D eigenvalue weighted by atomic mass is 9.82. The summed E-state index contributed by atoms with van der Waals surface area (Å²) in [5.41, 5.74) is 0.905. The molecule has 6 nitrogen and oxygen atoms in total. The lowest BCUT2D eigenvalue weighted by molar-refractivity contribution is -0.313. The number of allylic oxidation sites excluding steroid dienone is 2. The fraction of sp³-hybridized carbons (Fsp3) is 0.389. The summed E-state index contributed by atoms with van der Waals surface area (Å²) in [7, 11) is 0. The molecule has 0 radical (unpaired) electrons. The lowest BCUT2D eigenvalue weighted by Crippen LogP contribution is -2.42. The topological polar surface area (TPSA) is 95.5 Å². The number of fused-ring (bicyclic) bond motifs is 2. The second-order valence-electron chi connectivity index (χ2n) is 6.11. The van der Waals surface area contributed by atoms with Crippen molar-refractivity contribution in [2.75, 3.05) is 11.9 Å². The molecule has 4 atom stereocenters. The number of carboxylic acids is 1. The van der Waals surface area contributed by atoms with Gasteiger partial charge < -0.3 is 20.0 Å². The molecule has 2 bridgehead atoms. The van der Waals surface area contributed by atoms with Gasteiger partial charge in [0.05, 0.1) is 18.1 Å². The van der Waals surface area contributed by atoms with Crippen molar-refractivity contribution in [3.63, 3.8) is 0 Å². The van der Waals surface area contributed by atoms with Gasteiger partial charge >= 0.3 is 5.97 Å². The summed E-state index contributed by atoms with van der Waals surface area (Å²) in [6, 6.07) is 6.32. The van der Waals surface area contributed by atoms with Gasteiger partial charge in [-0.05, 0) is 49.4 Å². The first-order valence-electron chi connectivity index (χ1n) is 7.98. The Hall–Kier alpha value is -2.63. The van der Waals surface area contributed by atoms with E-state index in [0.717, 1.165) is 0 Å². The fourth-order valence-electron chi connectivity index (χ4n) is 3.63. The largest absolute Gasteiger partial charge is 0.550 e. The number of carbonyl (C=O) groups excluding carboxylic acids is 3. The predicted octanol–water partition coefficient (Wildman–Crippen LogP) is 0.990. The van der Waals surface area contributed by atoms with Gasteiger partial charge in [-0.25, -0.2) is 4.79 Å². The molecule has 24 heavy (non-hydrogen) atoms. The highest BCUT2D eigenvalue weighted by Gasteiger charge is 2.48. The average Bonchev–Trinajstić information content (AvgIpc) is 3.16. The summed E-state index contributed by atoms with van der Waals surface area (Å²) in [6.07, 6.45) is 4.46. The molecule has 1 aromatic carbocycles. The molecule has 0 spiro atoms. The molecule has 6 heteroatoms. The molecule has 2 aliphatic carbocycles. The smallest absolute Gasteiger partial charge is 0.338 e. The SMILES string of the molecule is CCOC(=O)c1ccc(NC(=O)[C@@H]2[C@@H](C(=O)[O-])[C@H]3C=C[C@@H]2C3)cc1. The Morgan fingerprint density at radius 1 is 1.12 bits per heavy atom. The van der Waals surface area contributed by atoms with Crippen molar-refractivity contribution in [2.45, 2.75) is 13.3 Å². The van der Waals surface area contributed by atoms with Crippen LogP contribution in [0.2, 0.25) is 0 Å². The van der Waals surface area contributed by atoms with Crippen molar-refractivity contribution in [1.29, 1.82) is 0 Å². The third-order valence-electron chi connectivity index (χ3n) is 4.70. The average molecular weight is 328 g/mol. The number of esters is 1. The first-order chi connectivity index (χ1) is 11.5. The highest BCUT2D eigenvalue weighted by Crippen LogP contribution is 2.48. The van der Waals surface area contributed by atoms with Crippen LogP contribution in [0.4, 0.5) is 5.69 Å². The van der Waals surface area contributed by atoms with Crippen LogP contribution in [0.5, 0.6) is 0 Å². The number of hydrogen-bond acceptors (Lipinski definition) is 5. The van der Waals surface area contributed by atoms with Crippen molar-refractivity contribution >= 4 is 23.5 Å². The Morgan fingerprint density at radius 3 is 2.33 bits per heavy atom. The molecule has 1 aromatic rings. The molecule has 0 saturated heterocycles. The van der Waals surface area contributed by atoms with E-state index < -0.39 is 23.8 Å². The summed E-state index contributed by atoms with van der Waals surface area (Å²) < 4.78 is 4.90. The number of nitrogens with one attached hydrogen (secondary N) is 1. The lowest BCUT2D eigenvalue weighted by Gasteiger charge is -2.27. The number of rotatable bonds is 5. The number of benzene rings is 1. The zero-order valence-corrected chi connectivity index (χ0v) is 13.2. The third kappa shape index (κ3) is 2.91. The van der Waals surface area contributed by atoms with Gasteiger partial charge in [-0.1, -0.05) is 12.2 Å². The standard InChI is InChI=1S/C18H19NO5/c1-2-24-18(23)10-5-7-13(8-6-10)19-16(20)14-11-3-4-12(9-11)15(14)17(21)22/h3-8,11-12,14-15H,2,9H2,1H3,(H,19,20)(H,21,22)/p-1/t11-,12+,14+,15+/m1/s1. The van der Waals surface area contributed by atoms with E-state index >= 15 is 0 Å². The second-order valence-corrected chi connectivity index (χ2v) is 6.11. The summed E-state index contributed by atoms with van der Waals surface area (Å²) >= 11 is 0. The Kier molecular flexibility index (Phi) is 4.38. The van der Waals surface area contributed by atoms with Gasteiger partial charge in [0, 0.05) is 17.6 Å². The molecule has 1 saturated carbocycles. The molecule has 0 unspecified atom stereocenters. The highest BCUT2D eigenvalue weighted by atomic mass is 16.5. The predicted molar refractivity (Wildman–Crippen MR) is 83.8 cm³/mol. The highest BCUT2D eigenvalue weighted by molar-refractivity contribution is 5.97. The normalized spacial score (nSPS) is 27.0. The number of hydrogen-bond donors (Lipinski definition) is 1. The van der Waals surface area contributed by atoms with Crippen molar-refractivity contribution in [2.24, 2.45) is 23.7 Å². The maximum atomic E-state index is 12.5. The zero-order valence-electron chi connectivity index (χ0n) is 13.2. The minimum Gasteiger partial charge on any atom is -0.550 e. The Balaban J connectivity index is 1.70. The summed E-state index contributed by atoms with van der Waals surface area (Å²) in [5.74, 6) is -3.51. The van der Waals surface area contributed by atoms with E-state index in [9.17, 15) is 19.5 Å². The molecule has 1 fully saturated rings. The van der Waals surface area contributed by atoms with Crippen LogP contribution in [0.15, 0.2) is 36.4 Å². The van der Waals surface area contributed by atoms with E-state index in [1.54, 1.807) is 31.2 Å². The third-order valence-corrected chi connectivity index (χ3v) is 4.70. The van der Waals surface area contributed by atoms with Gasteiger partial charge in [0.2, 0.25) is 5.91 Å². The van der Waals surface area contributed by atoms with Crippen LogP contribution in [0, 0.1) is 23.7 Å². The van der Waals surface area contributed by atoms with Crippen molar-refractivity contribution in [3.05, 3.63) is 42.0 Å². The molecular weight excluding hydrogens is 310 g/mol. The molecule has 1 amide bonds. The fourth-order valence-corrected chi connectivity index (χ4v) is 3.63. The van der Waals surface area contributed by atoms with Gasteiger partial charge in [0.25, 0.3) is 0 Å². The van der Waals surface area contributed by atoms with E-state index in [4.69, 9.17) is 4.74 Å². The Morgan fingerprint density at radius 2 is 1.75 bits per heavy atom. The van der Waals surface area contributed by atoms with E-state index in [1.807, 2.05) is 12.2 Å². The minimum absolute atomic E-state index is 0.0586. The van der Waals surface area contributed by atoms with Crippen LogP contribution in [0.25, 0.3) is 0 Å². The van der Waals surface area contributed by atoms with Crippen LogP contribution >= 0.6 is 0 Å². The summed E-state index contributed by atoms with van der Waals surface area (Å²) in [4.78, 5) is 35.5. The minimum atomic E-state index is -1.18. The quantitative estimate of drug-likeness (QED) is 0.642. The molecular formula is C18H18NO5-. The van der Waals surface area contributed by atoms with Gasteiger partial charge in [-0.15, -0.1) is 0 Å². The van der Waals surface area contributed by atoms with Crippen LogP contribution in [0.3, 0.4) is 0 Å². The zero-order chi connectivity index (χ0) is 17.3. The van der Waals surface area contributed by atoms with E-state index in [2.05, 4.69) is 5.32 Å². The number of anilines is 1. The maximum Gasteiger partial charge on any atom is 0.338 e. The number of amides is 1. The second kappa shape index (κ2) is 6.47. The van der Waals surface area contributed by atoms with Crippen LogP contribution in [0.1, 0.15) is 23.7 Å². The van der Waals surface area contributed by atoms with Crippen molar-refractivity contribution in [3.8, 4) is 0 Å². The first-order valence-corrected chi connectivity index (χ1v) is 7.98. The number of carbonyl (C=O) groups is 3. The molecule has 2 aliphatic rings. The monoisotopic (exact) mass is 328 g/mol. The van der Waals surface area contributed by atoms with Gasteiger partial charge in [0.15, 0.2) is 0 Å². The summed E-state index contributed by atoms with van der Waals surface area (Å²) in [6.45, 7) is 2.02. The van der Waals surface area contributed by atoms with E-state index in [1.165, 1.54) is 0 Å². The summed E-state index contributed by atoms with van der Waals surface area (Å²) in [5, 5.41) is 14.1.